The molecule has 0 saturated heterocycles. The van der Waals surface area contributed by atoms with Crippen LogP contribution in [0.1, 0.15) is 43.5 Å². The first-order valence-corrected chi connectivity index (χ1v) is 15.2. The third-order valence-corrected chi connectivity index (χ3v) is 7.14. The molecule has 0 aliphatic carbocycles. The van der Waals surface area contributed by atoms with E-state index in [0.717, 1.165) is 5.56 Å². The van der Waals surface area contributed by atoms with Crippen molar-refractivity contribution >= 4 is 58.6 Å². The number of benzene rings is 3. The average molecular weight is 672 g/mol. The van der Waals surface area contributed by atoms with Crippen molar-refractivity contribution in [3.63, 3.8) is 0 Å². The van der Waals surface area contributed by atoms with E-state index in [9.17, 15) is 9.59 Å². The fraction of sp³-hybridized carbons (Fsp3) is 0.250. The van der Waals surface area contributed by atoms with Crippen LogP contribution in [-0.4, -0.2) is 43.0 Å². The monoisotopic (exact) mass is 670 g/mol. The largest absolute Gasteiger partial charge is 0.490 e. The van der Waals surface area contributed by atoms with Crippen molar-refractivity contribution in [3.05, 3.63) is 98.7 Å². The maximum absolute atomic E-state index is 12.8. The predicted octanol–water partition coefficient (Wildman–Crippen LogP) is 5.86. The maximum Gasteiger partial charge on any atom is 0.338 e. The Labute approximate surface area is 276 Å². The minimum atomic E-state index is -0.641. The molecule has 1 heterocycles. The molecule has 3 aromatic carbocycles. The van der Waals surface area contributed by atoms with Crippen LogP contribution in [0.3, 0.4) is 0 Å². The Hall–Kier alpha value is -4.32. The molecule has 3 aromatic rings. The number of hydrogen-bond donors (Lipinski definition) is 3. The van der Waals surface area contributed by atoms with Gasteiger partial charge in [0.05, 0.1) is 36.1 Å². The molecular weight excluding hydrogens is 639 g/mol. The summed E-state index contributed by atoms with van der Waals surface area (Å²) in [6, 6.07) is 17.1. The minimum absolute atomic E-state index is 0.215. The zero-order valence-corrected chi connectivity index (χ0v) is 27.1. The number of hydrazone groups is 1. The molecule has 13 heteroatoms. The number of carbonyl (C=O) groups excluding carboxylic acids is 2. The summed E-state index contributed by atoms with van der Waals surface area (Å²) in [6.45, 7) is 5.85. The number of nitrogens with one attached hydrogen (secondary N) is 3. The highest BCUT2D eigenvalue weighted by atomic mass is 35.5. The van der Waals surface area contributed by atoms with Crippen LogP contribution in [0, 0.1) is 0 Å². The van der Waals surface area contributed by atoms with Crippen LogP contribution in [0.25, 0.3) is 0 Å². The summed E-state index contributed by atoms with van der Waals surface area (Å²) in [5.41, 5.74) is 5.48. The number of halogens is 2. The summed E-state index contributed by atoms with van der Waals surface area (Å²) in [5, 5.41) is 11.4. The molecule has 3 N–H and O–H groups in total. The molecule has 0 saturated carbocycles. The lowest BCUT2D eigenvalue weighted by molar-refractivity contribution is -0.139. The number of esters is 1. The second-order valence-corrected chi connectivity index (χ2v) is 10.8. The van der Waals surface area contributed by atoms with Crippen LogP contribution < -0.4 is 30.3 Å². The van der Waals surface area contributed by atoms with Crippen molar-refractivity contribution in [1.29, 1.82) is 0 Å². The fourth-order valence-corrected chi connectivity index (χ4v) is 5.08. The molecule has 0 bridgehead atoms. The van der Waals surface area contributed by atoms with E-state index < -0.39 is 17.9 Å². The van der Waals surface area contributed by atoms with E-state index in [0.29, 0.717) is 61.4 Å². The summed E-state index contributed by atoms with van der Waals surface area (Å²) in [7, 11) is 0. The van der Waals surface area contributed by atoms with E-state index in [1.807, 2.05) is 19.1 Å². The number of carbonyl (C=O) groups is 2. The number of hydrogen-bond acceptors (Lipinski definition) is 8. The van der Waals surface area contributed by atoms with Gasteiger partial charge in [0.15, 0.2) is 23.2 Å². The molecule has 236 valence electrons. The van der Waals surface area contributed by atoms with Crippen LogP contribution >= 0.6 is 35.4 Å². The van der Waals surface area contributed by atoms with Gasteiger partial charge in [-0.25, -0.2) is 10.2 Å². The van der Waals surface area contributed by atoms with E-state index in [1.165, 1.54) is 6.21 Å². The number of nitrogens with zero attached hydrogens (tertiary/aromatic N) is 1. The van der Waals surface area contributed by atoms with E-state index in [2.05, 4.69) is 21.2 Å². The number of rotatable bonds is 13. The Morgan fingerprint density at radius 3 is 2.49 bits per heavy atom. The first kappa shape index (κ1) is 33.6. The van der Waals surface area contributed by atoms with Gasteiger partial charge in [-0.2, -0.15) is 5.10 Å². The molecule has 1 aliphatic heterocycles. The van der Waals surface area contributed by atoms with Crippen LogP contribution in [0.5, 0.6) is 17.2 Å². The Balaban J connectivity index is 1.41. The molecule has 10 nitrogen and oxygen atoms in total. The van der Waals surface area contributed by atoms with Gasteiger partial charge in [-0.3, -0.25) is 4.79 Å². The molecule has 4 rings (SSSR count). The van der Waals surface area contributed by atoms with Gasteiger partial charge in [0, 0.05) is 16.3 Å². The third-order valence-electron chi connectivity index (χ3n) is 6.38. The Morgan fingerprint density at radius 1 is 1.00 bits per heavy atom. The first-order valence-electron chi connectivity index (χ1n) is 14.0. The van der Waals surface area contributed by atoms with E-state index in [4.69, 9.17) is 54.4 Å². The summed E-state index contributed by atoms with van der Waals surface area (Å²) in [6.07, 6.45) is 1.43. The SMILES string of the molecule is CCOC(=O)C1=C(C)NC(=S)N[C@H]1c1ccccc1OCC(=O)NN=Cc1cc(Cl)c(OCc2ccc(Cl)cc2)c(OCC)c1. The predicted molar refractivity (Wildman–Crippen MR) is 177 cm³/mol. The highest BCUT2D eigenvalue weighted by molar-refractivity contribution is 7.80. The van der Waals surface area contributed by atoms with Crippen LogP contribution in [0.4, 0.5) is 0 Å². The van der Waals surface area contributed by atoms with Gasteiger partial charge in [0.2, 0.25) is 0 Å². The number of amides is 1. The summed E-state index contributed by atoms with van der Waals surface area (Å²) in [4.78, 5) is 25.4. The molecule has 0 radical (unpaired) electrons. The zero-order chi connectivity index (χ0) is 32.3. The summed E-state index contributed by atoms with van der Waals surface area (Å²) in [5.74, 6) is 0.214. The highest BCUT2D eigenvalue weighted by Gasteiger charge is 2.32. The third kappa shape index (κ3) is 9.10. The van der Waals surface area contributed by atoms with Gasteiger partial charge in [0.1, 0.15) is 12.4 Å². The van der Waals surface area contributed by atoms with E-state index >= 15 is 0 Å². The molecule has 0 fully saturated rings. The average Bonchev–Trinajstić information content (AvgIpc) is 3.00. The highest BCUT2D eigenvalue weighted by Crippen LogP contribution is 2.37. The van der Waals surface area contributed by atoms with Crippen molar-refractivity contribution in [1.82, 2.24) is 16.1 Å². The molecule has 45 heavy (non-hydrogen) atoms. The topological polar surface area (TPSA) is 120 Å². The lowest BCUT2D eigenvalue weighted by atomic mass is 9.95. The lowest BCUT2D eigenvalue weighted by Crippen LogP contribution is -2.45. The summed E-state index contributed by atoms with van der Waals surface area (Å²) < 4.78 is 22.8. The normalized spacial score (nSPS) is 14.4. The van der Waals surface area contributed by atoms with Gasteiger partial charge in [-0.1, -0.05) is 53.5 Å². The molecule has 0 aromatic heterocycles. The van der Waals surface area contributed by atoms with Crippen LogP contribution in [0.15, 0.2) is 77.0 Å². The van der Waals surface area contributed by atoms with E-state index in [1.54, 1.807) is 62.4 Å². The Bertz CT molecular complexity index is 1610. The standard InChI is InChI=1S/C32H32Cl2N4O6S/c1-4-41-26-15-21(14-24(34)30(26)44-17-20-10-12-22(33)13-11-20)16-35-38-27(39)18-43-25-9-7-6-8-23(25)29-28(31(40)42-5-2)19(3)36-32(45)37-29/h6-16,29H,4-5,17-18H2,1-3H3,(H,38,39)(H2,36,37,45)/t29-/m0/s1. The summed E-state index contributed by atoms with van der Waals surface area (Å²) >= 11 is 17.8. The maximum atomic E-state index is 12.8. The van der Waals surface area contributed by atoms with Gasteiger partial charge in [-0.15, -0.1) is 0 Å². The van der Waals surface area contributed by atoms with Crippen molar-refractivity contribution in [2.24, 2.45) is 5.10 Å². The number of thiocarbonyl (C=S) groups is 1. The van der Waals surface area contributed by atoms with E-state index in [-0.39, 0.29) is 19.8 Å². The minimum Gasteiger partial charge on any atom is -0.490 e. The molecule has 1 atom stereocenters. The quantitative estimate of drug-likeness (QED) is 0.0890. The Kier molecular flexibility index (Phi) is 12.0. The number of para-hydroxylation sites is 1. The number of allylic oxidation sites excluding steroid dienone is 1. The molecule has 1 aliphatic rings. The van der Waals surface area contributed by atoms with Crippen molar-refractivity contribution < 1.29 is 28.5 Å². The van der Waals surface area contributed by atoms with Crippen LogP contribution in [0.2, 0.25) is 10.0 Å². The smallest absolute Gasteiger partial charge is 0.338 e. The van der Waals surface area contributed by atoms with Gasteiger partial charge < -0.3 is 29.6 Å². The second kappa shape index (κ2) is 16.1. The molecule has 0 unspecified atom stereocenters. The fourth-order valence-electron chi connectivity index (χ4n) is 4.41. The van der Waals surface area contributed by atoms with Crippen molar-refractivity contribution in [3.8, 4) is 17.2 Å². The van der Waals surface area contributed by atoms with Gasteiger partial charge in [0.25, 0.3) is 5.91 Å². The first-order chi connectivity index (χ1) is 21.7. The van der Waals surface area contributed by atoms with Gasteiger partial charge in [-0.05, 0) is 74.4 Å². The molecule has 1 amide bonds. The zero-order valence-electron chi connectivity index (χ0n) is 24.8. The Morgan fingerprint density at radius 2 is 1.76 bits per heavy atom. The molecule has 0 spiro atoms. The second-order valence-electron chi connectivity index (χ2n) is 9.59. The lowest BCUT2D eigenvalue weighted by Gasteiger charge is -2.30. The number of ether oxygens (including phenoxy) is 4. The van der Waals surface area contributed by atoms with Gasteiger partial charge >= 0.3 is 5.97 Å². The van der Waals surface area contributed by atoms with Crippen LogP contribution in [-0.2, 0) is 20.9 Å². The molecular formula is C32H32Cl2N4O6S. The van der Waals surface area contributed by atoms with Crippen molar-refractivity contribution in [2.75, 3.05) is 19.8 Å². The van der Waals surface area contributed by atoms with Crippen molar-refractivity contribution in [2.45, 2.75) is 33.4 Å².